The molecule has 1 amide bonds. The lowest BCUT2D eigenvalue weighted by molar-refractivity contribution is -0.115. The number of nitrogens with zero attached hydrogens (tertiary/aromatic N) is 2. The van der Waals surface area contributed by atoms with Gasteiger partial charge in [-0.25, -0.2) is 4.98 Å². The molecule has 0 atom stereocenters. The molecule has 0 aliphatic carbocycles. The second-order valence-corrected chi connectivity index (χ2v) is 7.29. The fourth-order valence-corrected chi connectivity index (χ4v) is 3.55. The average Bonchev–Trinajstić information content (AvgIpc) is 3.12. The zero-order valence-electron chi connectivity index (χ0n) is 12.4. The number of rotatable bonds is 2. The summed E-state index contributed by atoms with van der Waals surface area (Å²) >= 11 is 12.1. The highest BCUT2D eigenvalue weighted by Gasteiger charge is 2.23. The van der Waals surface area contributed by atoms with Gasteiger partial charge >= 0.3 is 0 Å². The molecule has 0 saturated carbocycles. The third kappa shape index (κ3) is 2.99. The van der Waals surface area contributed by atoms with Gasteiger partial charge in [0.2, 0.25) is 0 Å². The van der Waals surface area contributed by atoms with Gasteiger partial charge in [0.15, 0.2) is 5.15 Å². The number of thioether (sulfide) groups is 1. The number of halogens is 1. The van der Waals surface area contributed by atoms with Crippen molar-refractivity contribution in [2.75, 3.05) is 5.73 Å². The minimum Gasteiger partial charge on any atom is -0.456 e. The highest BCUT2D eigenvalue weighted by Crippen LogP contribution is 2.33. The standard InChI is InChI=1S/C16H9ClN4O2S2/c17-14-11(18)2-7(5-20-14)10-6-19-4-8-1-9(23-13(8)10)3-12-15(22)21-16(24)25-12/h1-6H,18H2,(H,21,22,24)/b12-3-. The maximum atomic E-state index is 11.8. The summed E-state index contributed by atoms with van der Waals surface area (Å²) in [4.78, 5) is 20.6. The third-order valence-electron chi connectivity index (χ3n) is 3.53. The Morgan fingerprint density at radius 3 is 2.88 bits per heavy atom. The number of amides is 1. The number of aromatic nitrogens is 2. The topological polar surface area (TPSA) is 94.0 Å². The van der Waals surface area contributed by atoms with E-state index in [-0.39, 0.29) is 11.1 Å². The molecule has 9 heteroatoms. The van der Waals surface area contributed by atoms with Crippen LogP contribution in [0.2, 0.25) is 5.15 Å². The monoisotopic (exact) mass is 388 g/mol. The summed E-state index contributed by atoms with van der Waals surface area (Å²) in [6, 6.07) is 3.52. The molecule has 0 radical (unpaired) electrons. The first-order chi connectivity index (χ1) is 12.0. The number of fused-ring (bicyclic) bond motifs is 1. The smallest absolute Gasteiger partial charge is 0.263 e. The van der Waals surface area contributed by atoms with Gasteiger partial charge in [-0.3, -0.25) is 9.78 Å². The minimum absolute atomic E-state index is 0.233. The minimum atomic E-state index is -0.233. The SMILES string of the molecule is Nc1cc(-c2cncc3cc(/C=C4\SC(=S)NC4=O)oc23)cnc1Cl. The van der Waals surface area contributed by atoms with Crippen LogP contribution in [-0.2, 0) is 4.79 Å². The summed E-state index contributed by atoms with van der Waals surface area (Å²) in [6.45, 7) is 0. The van der Waals surface area contributed by atoms with Crippen LogP contribution in [0.15, 0.2) is 40.0 Å². The van der Waals surface area contributed by atoms with Crippen LogP contribution in [0, 0.1) is 0 Å². The molecule has 124 valence electrons. The van der Waals surface area contributed by atoms with Crippen LogP contribution in [0.1, 0.15) is 5.76 Å². The fourth-order valence-electron chi connectivity index (χ4n) is 2.42. The van der Waals surface area contributed by atoms with Crippen molar-refractivity contribution in [3.05, 3.63) is 46.5 Å². The predicted molar refractivity (Wildman–Crippen MR) is 103 cm³/mol. The number of hydrogen-bond acceptors (Lipinski definition) is 7. The molecule has 1 saturated heterocycles. The van der Waals surface area contributed by atoms with Gasteiger partial charge in [0.1, 0.15) is 15.7 Å². The van der Waals surface area contributed by atoms with Crippen LogP contribution in [-0.4, -0.2) is 20.2 Å². The van der Waals surface area contributed by atoms with Crippen molar-refractivity contribution in [3.8, 4) is 11.1 Å². The number of nitrogen functional groups attached to an aromatic ring is 1. The van der Waals surface area contributed by atoms with Gasteiger partial charge in [0.05, 0.1) is 10.6 Å². The number of carbonyl (C=O) groups is 1. The molecule has 3 aromatic heterocycles. The van der Waals surface area contributed by atoms with Gasteiger partial charge in [-0.05, 0) is 12.1 Å². The Labute approximate surface area is 156 Å². The van der Waals surface area contributed by atoms with Crippen LogP contribution in [0.4, 0.5) is 5.69 Å². The Bertz CT molecular complexity index is 1080. The van der Waals surface area contributed by atoms with E-state index in [1.807, 2.05) is 0 Å². The van der Waals surface area contributed by atoms with Crippen molar-refractivity contribution in [2.24, 2.45) is 0 Å². The van der Waals surface area contributed by atoms with Gasteiger partial charge in [-0.2, -0.15) is 0 Å². The number of anilines is 1. The molecule has 0 aromatic carbocycles. The quantitative estimate of drug-likeness (QED) is 0.393. The maximum Gasteiger partial charge on any atom is 0.263 e. The zero-order chi connectivity index (χ0) is 17.6. The van der Waals surface area contributed by atoms with Gasteiger partial charge in [-0.15, -0.1) is 0 Å². The Balaban J connectivity index is 1.81. The zero-order valence-corrected chi connectivity index (χ0v) is 14.8. The van der Waals surface area contributed by atoms with Crippen molar-refractivity contribution in [1.29, 1.82) is 0 Å². The van der Waals surface area contributed by atoms with Gasteiger partial charge in [-0.1, -0.05) is 35.6 Å². The van der Waals surface area contributed by atoms with Gasteiger partial charge in [0, 0.05) is 41.2 Å². The Morgan fingerprint density at radius 1 is 1.32 bits per heavy atom. The predicted octanol–water partition coefficient (Wildman–Crippen LogP) is 3.61. The summed E-state index contributed by atoms with van der Waals surface area (Å²) in [5, 5.41) is 3.61. The summed E-state index contributed by atoms with van der Waals surface area (Å²) < 4.78 is 6.34. The van der Waals surface area contributed by atoms with E-state index in [0.29, 0.717) is 26.3 Å². The molecule has 25 heavy (non-hydrogen) atoms. The van der Waals surface area contributed by atoms with E-state index < -0.39 is 0 Å². The molecule has 1 aliphatic rings. The number of thiocarbonyl (C=S) groups is 1. The van der Waals surface area contributed by atoms with Crippen molar-refractivity contribution in [3.63, 3.8) is 0 Å². The first-order valence-electron chi connectivity index (χ1n) is 7.05. The molecule has 0 spiro atoms. The van der Waals surface area contributed by atoms with E-state index in [0.717, 1.165) is 16.5 Å². The lowest BCUT2D eigenvalue weighted by Gasteiger charge is -2.04. The molecular formula is C16H9ClN4O2S2. The second kappa shape index (κ2) is 6.14. The highest BCUT2D eigenvalue weighted by molar-refractivity contribution is 8.26. The molecule has 1 aliphatic heterocycles. The van der Waals surface area contributed by atoms with Crippen LogP contribution >= 0.6 is 35.6 Å². The number of pyridine rings is 2. The van der Waals surface area contributed by atoms with Crippen molar-refractivity contribution in [1.82, 2.24) is 15.3 Å². The van der Waals surface area contributed by atoms with E-state index in [4.69, 9.17) is 34.0 Å². The van der Waals surface area contributed by atoms with E-state index in [1.54, 1.807) is 36.8 Å². The van der Waals surface area contributed by atoms with Crippen molar-refractivity contribution in [2.45, 2.75) is 0 Å². The second-order valence-electron chi connectivity index (χ2n) is 5.21. The number of nitrogens with one attached hydrogen (secondary N) is 1. The Kier molecular flexibility index (Phi) is 3.95. The first-order valence-corrected chi connectivity index (χ1v) is 8.65. The van der Waals surface area contributed by atoms with Crippen molar-refractivity contribution >= 4 is 68.5 Å². The van der Waals surface area contributed by atoms with Gasteiger partial charge < -0.3 is 15.5 Å². The fraction of sp³-hybridized carbons (Fsp3) is 0. The maximum absolute atomic E-state index is 11.8. The van der Waals surface area contributed by atoms with E-state index in [9.17, 15) is 4.79 Å². The van der Waals surface area contributed by atoms with E-state index >= 15 is 0 Å². The lowest BCUT2D eigenvalue weighted by atomic mass is 10.1. The molecule has 3 aromatic rings. The van der Waals surface area contributed by atoms with E-state index in [1.165, 1.54) is 11.8 Å². The largest absolute Gasteiger partial charge is 0.456 e. The molecule has 4 heterocycles. The molecule has 3 N–H and O–H groups in total. The average molecular weight is 389 g/mol. The normalized spacial score (nSPS) is 16.0. The lowest BCUT2D eigenvalue weighted by Crippen LogP contribution is -2.17. The van der Waals surface area contributed by atoms with Crippen LogP contribution in [0.5, 0.6) is 0 Å². The molecule has 1 fully saturated rings. The number of carbonyl (C=O) groups excluding carboxylic acids is 1. The van der Waals surface area contributed by atoms with Crippen LogP contribution in [0.3, 0.4) is 0 Å². The van der Waals surface area contributed by atoms with Crippen LogP contribution in [0.25, 0.3) is 28.2 Å². The summed E-state index contributed by atoms with van der Waals surface area (Å²) in [7, 11) is 0. The number of furan rings is 1. The highest BCUT2D eigenvalue weighted by atomic mass is 35.5. The number of hydrogen-bond donors (Lipinski definition) is 2. The molecule has 0 bridgehead atoms. The summed E-state index contributed by atoms with van der Waals surface area (Å²) in [6.07, 6.45) is 6.61. The molecule has 6 nitrogen and oxygen atoms in total. The van der Waals surface area contributed by atoms with E-state index in [2.05, 4.69) is 15.3 Å². The summed E-state index contributed by atoms with van der Waals surface area (Å²) in [5.41, 5.74) is 8.30. The molecule has 4 rings (SSSR count). The molecular weight excluding hydrogens is 380 g/mol. The summed E-state index contributed by atoms with van der Waals surface area (Å²) in [5.74, 6) is 0.296. The van der Waals surface area contributed by atoms with Crippen LogP contribution < -0.4 is 11.1 Å². The first kappa shape index (κ1) is 16.1. The molecule has 0 unspecified atom stereocenters. The Hall–Kier alpha value is -2.42. The van der Waals surface area contributed by atoms with Crippen molar-refractivity contribution < 1.29 is 9.21 Å². The van der Waals surface area contributed by atoms with Gasteiger partial charge in [0.25, 0.3) is 5.91 Å². The number of nitrogens with two attached hydrogens (primary N) is 1. The third-order valence-corrected chi connectivity index (χ3v) is 5.01. The Morgan fingerprint density at radius 2 is 2.16 bits per heavy atom.